The van der Waals surface area contributed by atoms with Gasteiger partial charge in [0.1, 0.15) is 0 Å². The number of hydrogen-bond donors (Lipinski definition) is 1. The molecule has 1 aromatic rings. The van der Waals surface area contributed by atoms with E-state index in [4.69, 9.17) is 10.6 Å². The van der Waals surface area contributed by atoms with Crippen molar-refractivity contribution in [3.05, 3.63) is 35.4 Å². The van der Waals surface area contributed by atoms with Crippen LogP contribution in [0.1, 0.15) is 22.8 Å². The Morgan fingerprint density at radius 3 is 2.64 bits per heavy atom. The van der Waals surface area contributed by atoms with Crippen molar-refractivity contribution in [2.45, 2.75) is 6.92 Å². The van der Waals surface area contributed by atoms with Crippen LogP contribution in [0.4, 0.5) is 0 Å². The molecule has 0 bridgehead atoms. The van der Waals surface area contributed by atoms with Crippen LogP contribution < -0.4 is 5.84 Å². The topological polar surface area (TPSA) is 64.7 Å². The van der Waals surface area contributed by atoms with Crippen molar-refractivity contribution in [2.24, 2.45) is 10.9 Å². The van der Waals surface area contributed by atoms with Crippen LogP contribution in [0.25, 0.3) is 0 Å². The van der Waals surface area contributed by atoms with E-state index in [1.807, 2.05) is 0 Å². The molecule has 2 N–H and O–H groups in total. The van der Waals surface area contributed by atoms with Gasteiger partial charge in [0.05, 0.1) is 18.4 Å². The van der Waals surface area contributed by atoms with E-state index in [0.29, 0.717) is 12.2 Å². The summed E-state index contributed by atoms with van der Waals surface area (Å²) < 4.78 is 4.83. The zero-order valence-corrected chi connectivity index (χ0v) is 7.93. The fourth-order valence-corrected chi connectivity index (χ4v) is 1.01. The maximum atomic E-state index is 11.2. The van der Waals surface area contributed by atoms with Crippen LogP contribution in [-0.4, -0.2) is 18.8 Å². The summed E-state index contributed by atoms with van der Waals surface area (Å²) in [5.74, 6) is 4.67. The fourth-order valence-electron chi connectivity index (χ4n) is 1.01. The number of nitrogens with zero attached hydrogens (tertiary/aromatic N) is 1. The number of hydrogen-bond acceptors (Lipinski definition) is 4. The molecule has 0 fully saturated rings. The standard InChI is InChI=1S/C10H12N2O2/c1-2-14-10(13)9-5-3-8(4-6-9)7-12-11/h3-7H,2,11H2,1H3/b12-7+. The molecule has 4 heteroatoms. The van der Waals surface area contributed by atoms with Crippen molar-refractivity contribution in [2.75, 3.05) is 6.61 Å². The lowest BCUT2D eigenvalue weighted by Gasteiger charge is -2.01. The van der Waals surface area contributed by atoms with Crippen LogP contribution in [0, 0.1) is 0 Å². The smallest absolute Gasteiger partial charge is 0.338 e. The first kappa shape index (κ1) is 10.2. The van der Waals surface area contributed by atoms with E-state index >= 15 is 0 Å². The maximum Gasteiger partial charge on any atom is 0.338 e. The second kappa shape index (κ2) is 5.01. The molecular formula is C10H12N2O2. The highest BCUT2D eigenvalue weighted by atomic mass is 16.5. The molecule has 1 aromatic carbocycles. The summed E-state index contributed by atoms with van der Waals surface area (Å²) in [6, 6.07) is 6.86. The van der Waals surface area contributed by atoms with Gasteiger partial charge in [-0.25, -0.2) is 4.79 Å². The van der Waals surface area contributed by atoms with Gasteiger partial charge in [-0.3, -0.25) is 0 Å². The number of benzene rings is 1. The molecular weight excluding hydrogens is 180 g/mol. The molecule has 74 valence electrons. The molecule has 0 aliphatic carbocycles. The highest BCUT2D eigenvalue weighted by molar-refractivity contribution is 5.90. The van der Waals surface area contributed by atoms with Gasteiger partial charge in [-0.2, -0.15) is 5.10 Å². The van der Waals surface area contributed by atoms with E-state index in [1.54, 1.807) is 31.2 Å². The Bertz CT molecular complexity index is 330. The Kier molecular flexibility index (Phi) is 3.67. The van der Waals surface area contributed by atoms with Gasteiger partial charge >= 0.3 is 5.97 Å². The lowest BCUT2D eigenvalue weighted by molar-refractivity contribution is 0.0526. The zero-order chi connectivity index (χ0) is 10.4. The van der Waals surface area contributed by atoms with E-state index < -0.39 is 0 Å². The molecule has 0 aliphatic rings. The Labute approximate surface area is 82.4 Å². The molecule has 1 rings (SSSR count). The number of carbonyl (C=O) groups is 1. The van der Waals surface area contributed by atoms with Crippen LogP contribution in [0.2, 0.25) is 0 Å². The third-order valence-electron chi connectivity index (χ3n) is 1.65. The fraction of sp³-hybridized carbons (Fsp3) is 0.200. The zero-order valence-electron chi connectivity index (χ0n) is 7.93. The molecule has 0 radical (unpaired) electrons. The minimum Gasteiger partial charge on any atom is -0.462 e. The minimum atomic E-state index is -0.316. The second-order valence-electron chi connectivity index (χ2n) is 2.62. The molecule has 0 aromatic heterocycles. The molecule has 0 heterocycles. The average molecular weight is 192 g/mol. The molecule has 0 amide bonds. The second-order valence-corrected chi connectivity index (χ2v) is 2.62. The van der Waals surface area contributed by atoms with Crippen molar-refractivity contribution in [3.63, 3.8) is 0 Å². The van der Waals surface area contributed by atoms with Gasteiger partial charge in [-0.1, -0.05) is 12.1 Å². The van der Waals surface area contributed by atoms with Crippen LogP contribution in [-0.2, 0) is 4.74 Å². The van der Waals surface area contributed by atoms with E-state index in [1.165, 1.54) is 6.21 Å². The van der Waals surface area contributed by atoms with Crippen LogP contribution in [0.5, 0.6) is 0 Å². The van der Waals surface area contributed by atoms with Crippen LogP contribution in [0.3, 0.4) is 0 Å². The first-order valence-corrected chi connectivity index (χ1v) is 4.28. The van der Waals surface area contributed by atoms with Crippen molar-refractivity contribution < 1.29 is 9.53 Å². The quantitative estimate of drug-likeness (QED) is 0.338. The van der Waals surface area contributed by atoms with E-state index in [0.717, 1.165) is 5.56 Å². The van der Waals surface area contributed by atoms with Gasteiger partial charge in [0.25, 0.3) is 0 Å². The molecule has 0 unspecified atom stereocenters. The Balaban J connectivity index is 2.77. The van der Waals surface area contributed by atoms with E-state index in [2.05, 4.69) is 5.10 Å². The summed E-state index contributed by atoms with van der Waals surface area (Å²) in [4.78, 5) is 11.2. The molecule has 0 saturated carbocycles. The highest BCUT2D eigenvalue weighted by Crippen LogP contribution is 2.04. The summed E-state index contributed by atoms with van der Waals surface area (Å²) in [6.45, 7) is 2.15. The number of esters is 1. The Hall–Kier alpha value is -1.84. The lowest BCUT2D eigenvalue weighted by Crippen LogP contribution is -2.04. The predicted molar refractivity (Wildman–Crippen MR) is 54.2 cm³/mol. The molecule has 0 aliphatic heterocycles. The Morgan fingerprint density at radius 1 is 1.50 bits per heavy atom. The van der Waals surface area contributed by atoms with Crippen LogP contribution in [0.15, 0.2) is 29.4 Å². The molecule has 0 spiro atoms. The first-order chi connectivity index (χ1) is 6.77. The van der Waals surface area contributed by atoms with Crippen molar-refractivity contribution in [1.29, 1.82) is 0 Å². The summed E-state index contributed by atoms with van der Waals surface area (Å²) in [5, 5.41) is 3.38. The monoisotopic (exact) mass is 192 g/mol. The molecule has 0 saturated heterocycles. The number of ether oxygens (including phenoxy) is 1. The predicted octanol–water partition coefficient (Wildman–Crippen LogP) is 1.16. The van der Waals surface area contributed by atoms with Gasteiger partial charge < -0.3 is 10.6 Å². The lowest BCUT2D eigenvalue weighted by atomic mass is 10.1. The van der Waals surface area contributed by atoms with Gasteiger partial charge in [-0.15, -0.1) is 0 Å². The van der Waals surface area contributed by atoms with Gasteiger partial charge in [0.15, 0.2) is 0 Å². The van der Waals surface area contributed by atoms with Crippen molar-refractivity contribution in [3.8, 4) is 0 Å². The largest absolute Gasteiger partial charge is 0.462 e. The highest BCUT2D eigenvalue weighted by Gasteiger charge is 2.04. The minimum absolute atomic E-state index is 0.316. The summed E-state index contributed by atoms with van der Waals surface area (Å²) >= 11 is 0. The number of hydrazone groups is 1. The summed E-state index contributed by atoms with van der Waals surface area (Å²) in [5.41, 5.74) is 1.38. The third kappa shape index (κ3) is 2.58. The first-order valence-electron chi connectivity index (χ1n) is 4.28. The Morgan fingerprint density at radius 2 is 2.14 bits per heavy atom. The number of nitrogens with two attached hydrogens (primary N) is 1. The SMILES string of the molecule is CCOC(=O)c1ccc(/C=N/N)cc1. The van der Waals surface area contributed by atoms with Crippen molar-refractivity contribution >= 4 is 12.2 Å². The molecule has 0 atom stereocenters. The van der Waals surface area contributed by atoms with Crippen LogP contribution >= 0.6 is 0 Å². The van der Waals surface area contributed by atoms with E-state index in [9.17, 15) is 4.79 Å². The van der Waals surface area contributed by atoms with Gasteiger partial charge in [-0.05, 0) is 24.6 Å². The maximum absolute atomic E-state index is 11.2. The summed E-state index contributed by atoms with van der Waals surface area (Å²) in [7, 11) is 0. The number of rotatable bonds is 3. The molecule has 4 nitrogen and oxygen atoms in total. The van der Waals surface area contributed by atoms with Gasteiger partial charge in [0, 0.05) is 0 Å². The van der Waals surface area contributed by atoms with Gasteiger partial charge in [0.2, 0.25) is 0 Å². The molecule has 14 heavy (non-hydrogen) atoms. The third-order valence-corrected chi connectivity index (χ3v) is 1.65. The summed E-state index contributed by atoms with van der Waals surface area (Å²) in [6.07, 6.45) is 1.51. The van der Waals surface area contributed by atoms with E-state index in [-0.39, 0.29) is 5.97 Å². The average Bonchev–Trinajstić information content (AvgIpc) is 2.20. The normalized spacial score (nSPS) is 10.4. The van der Waals surface area contributed by atoms with Crippen molar-refractivity contribution in [1.82, 2.24) is 0 Å². The number of carbonyl (C=O) groups excluding carboxylic acids is 1.